The summed E-state index contributed by atoms with van der Waals surface area (Å²) in [5.74, 6) is 0.915. The van der Waals surface area contributed by atoms with Crippen LogP contribution in [0.25, 0.3) is 11.1 Å². The van der Waals surface area contributed by atoms with Gasteiger partial charge in [0.2, 0.25) is 5.88 Å². The third kappa shape index (κ3) is 6.04. The molecular formula is C29H36N3O2+. The monoisotopic (exact) mass is 458 g/mol. The number of piperazine rings is 1. The molecule has 0 amide bonds. The van der Waals surface area contributed by atoms with Crippen LogP contribution < -0.4 is 4.74 Å². The fraction of sp³-hybridized carbons (Fsp3) is 0.345. The molecule has 0 radical (unpaired) electrons. The van der Waals surface area contributed by atoms with Gasteiger partial charge in [-0.1, -0.05) is 49.4 Å². The topological polar surface area (TPSA) is 45.6 Å². The van der Waals surface area contributed by atoms with Gasteiger partial charge in [0.15, 0.2) is 0 Å². The highest BCUT2D eigenvalue weighted by molar-refractivity contribution is 5.98. The number of phenols is 1. The van der Waals surface area contributed by atoms with Crippen molar-refractivity contribution < 1.29 is 14.3 Å². The number of hydrogen-bond acceptors (Lipinski definition) is 4. The summed E-state index contributed by atoms with van der Waals surface area (Å²) in [7, 11) is 4.59. The smallest absolute Gasteiger partial charge is 0.213 e. The first-order chi connectivity index (χ1) is 16.4. The van der Waals surface area contributed by atoms with Crippen molar-refractivity contribution in [2.45, 2.75) is 13.3 Å². The van der Waals surface area contributed by atoms with Crippen LogP contribution in [0.15, 0.2) is 72.9 Å². The summed E-state index contributed by atoms with van der Waals surface area (Å²) in [6.07, 6.45) is 2.78. The van der Waals surface area contributed by atoms with Crippen molar-refractivity contribution in [3.05, 3.63) is 89.6 Å². The van der Waals surface area contributed by atoms with E-state index in [1.54, 1.807) is 12.1 Å². The van der Waals surface area contributed by atoms with E-state index in [9.17, 15) is 5.11 Å². The van der Waals surface area contributed by atoms with E-state index in [0.717, 1.165) is 47.2 Å². The van der Waals surface area contributed by atoms with Crippen molar-refractivity contribution in [3.63, 3.8) is 0 Å². The molecule has 5 heteroatoms. The lowest BCUT2D eigenvalue weighted by Crippen LogP contribution is -2.55. The molecule has 0 aliphatic carbocycles. The highest BCUT2D eigenvalue weighted by atomic mass is 16.5. The maximum atomic E-state index is 9.81. The quantitative estimate of drug-likeness (QED) is 0.384. The van der Waals surface area contributed by atoms with Gasteiger partial charge in [0.25, 0.3) is 0 Å². The van der Waals surface area contributed by atoms with Crippen molar-refractivity contribution in [1.29, 1.82) is 0 Å². The van der Waals surface area contributed by atoms with Crippen LogP contribution in [-0.4, -0.2) is 72.9 Å². The summed E-state index contributed by atoms with van der Waals surface area (Å²) in [6.45, 7) is 8.33. The van der Waals surface area contributed by atoms with Gasteiger partial charge >= 0.3 is 0 Å². The second-order valence-corrected chi connectivity index (χ2v) is 9.58. The van der Waals surface area contributed by atoms with Crippen LogP contribution in [0, 0.1) is 0 Å². The van der Waals surface area contributed by atoms with Crippen LogP contribution in [0.5, 0.6) is 11.6 Å². The number of aromatic hydroxyl groups is 1. The molecule has 1 N–H and O–H groups in total. The molecule has 178 valence electrons. The average Bonchev–Trinajstić information content (AvgIpc) is 2.85. The Bertz CT molecular complexity index is 1080. The molecule has 5 nitrogen and oxygen atoms in total. The van der Waals surface area contributed by atoms with Crippen molar-refractivity contribution >= 4 is 11.1 Å². The van der Waals surface area contributed by atoms with E-state index in [1.807, 2.05) is 30.5 Å². The number of allylic oxidation sites excluding steroid dienone is 1. The zero-order chi connectivity index (χ0) is 24.0. The lowest BCUT2D eigenvalue weighted by molar-refractivity contribution is -0.894. The largest absolute Gasteiger partial charge is 0.508 e. The predicted octanol–water partition coefficient (Wildman–Crippen LogP) is 4.93. The Morgan fingerprint density at radius 1 is 0.912 bits per heavy atom. The predicted molar refractivity (Wildman–Crippen MR) is 139 cm³/mol. The Morgan fingerprint density at radius 3 is 2.21 bits per heavy atom. The molecule has 1 aliphatic heterocycles. The van der Waals surface area contributed by atoms with Crippen LogP contribution in [0.1, 0.15) is 30.0 Å². The number of phenolic OH excluding ortho intramolecular Hbond substituents is 1. The Labute approximate surface area is 203 Å². The van der Waals surface area contributed by atoms with Crippen LogP contribution >= 0.6 is 0 Å². The van der Waals surface area contributed by atoms with E-state index in [1.165, 1.54) is 24.2 Å². The SMILES string of the molecule is CCC(=C(c1ccc(O)cc1)c1ccc(OCCN2CC[N+](C)(C)CC2)nc1)c1ccccc1. The molecular weight excluding hydrogens is 422 g/mol. The summed E-state index contributed by atoms with van der Waals surface area (Å²) in [5, 5.41) is 9.81. The Balaban J connectivity index is 1.52. The normalized spacial score (nSPS) is 16.7. The minimum Gasteiger partial charge on any atom is -0.508 e. The van der Waals surface area contributed by atoms with Gasteiger partial charge in [0.05, 0.1) is 27.2 Å². The molecule has 0 bridgehead atoms. The molecule has 0 unspecified atom stereocenters. The minimum absolute atomic E-state index is 0.263. The molecule has 1 aliphatic rings. The molecule has 0 atom stereocenters. The molecule has 3 aromatic rings. The summed E-state index contributed by atoms with van der Waals surface area (Å²) >= 11 is 0. The maximum Gasteiger partial charge on any atom is 0.213 e. The lowest BCUT2D eigenvalue weighted by atomic mass is 9.89. The second kappa shape index (κ2) is 10.9. The molecule has 0 spiro atoms. The van der Waals surface area contributed by atoms with E-state index in [0.29, 0.717) is 12.5 Å². The fourth-order valence-electron chi connectivity index (χ4n) is 4.47. The van der Waals surface area contributed by atoms with Gasteiger partial charge in [-0.3, -0.25) is 4.90 Å². The molecule has 1 aromatic heterocycles. The number of nitrogens with zero attached hydrogens (tertiary/aromatic N) is 3. The molecule has 0 saturated carbocycles. The molecule has 2 aromatic carbocycles. The molecule has 4 rings (SSSR count). The van der Waals surface area contributed by atoms with Gasteiger partial charge in [-0.05, 0) is 46.9 Å². The maximum absolute atomic E-state index is 9.81. The average molecular weight is 459 g/mol. The van der Waals surface area contributed by atoms with E-state index in [4.69, 9.17) is 4.74 Å². The first-order valence-electron chi connectivity index (χ1n) is 12.2. The molecule has 2 heterocycles. The molecule has 34 heavy (non-hydrogen) atoms. The van der Waals surface area contributed by atoms with E-state index in [-0.39, 0.29) is 5.75 Å². The van der Waals surface area contributed by atoms with E-state index < -0.39 is 0 Å². The summed E-state index contributed by atoms with van der Waals surface area (Å²) < 4.78 is 7.08. The molecule has 1 fully saturated rings. The zero-order valence-corrected chi connectivity index (χ0v) is 20.6. The number of rotatable bonds is 8. The number of likely N-dealkylation sites (N-methyl/N-ethyl adjacent to an activating group) is 1. The van der Waals surface area contributed by atoms with Gasteiger partial charge < -0.3 is 14.3 Å². The number of benzene rings is 2. The van der Waals surface area contributed by atoms with Crippen molar-refractivity contribution in [2.24, 2.45) is 0 Å². The lowest BCUT2D eigenvalue weighted by Gasteiger charge is -2.38. The molecule has 1 saturated heterocycles. The second-order valence-electron chi connectivity index (χ2n) is 9.58. The van der Waals surface area contributed by atoms with Crippen LogP contribution in [0.2, 0.25) is 0 Å². The van der Waals surface area contributed by atoms with Crippen molar-refractivity contribution in [3.8, 4) is 11.6 Å². The number of ether oxygens (including phenoxy) is 1. The third-order valence-electron chi connectivity index (χ3n) is 6.66. The highest BCUT2D eigenvalue weighted by Gasteiger charge is 2.23. The van der Waals surface area contributed by atoms with Gasteiger partial charge in [-0.15, -0.1) is 0 Å². The first-order valence-corrected chi connectivity index (χ1v) is 12.2. The zero-order valence-electron chi connectivity index (χ0n) is 20.6. The van der Waals surface area contributed by atoms with Crippen LogP contribution in [-0.2, 0) is 0 Å². The number of quaternary nitrogens is 1. The van der Waals surface area contributed by atoms with Gasteiger partial charge in [0.1, 0.15) is 12.4 Å². The van der Waals surface area contributed by atoms with Gasteiger partial charge in [0, 0.05) is 37.5 Å². The minimum atomic E-state index is 0.263. The van der Waals surface area contributed by atoms with Gasteiger partial charge in [-0.2, -0.15) is 0 Å². The Hall–Kier alpha value is -3.15. The van der Waals surface area contributed by atoms with Crippen LogP contribution in [0.4, 0.5) is 0 Å². The van der Waals surface area contributed by atoms with E-state index >= 15 is 0 Å². The summed E-state index contributed by atoms with van der Waals surface area (Å²) in [5.41, 5.74) is 5.65. The van der Waals surface area contributed by atoms with Crippen molar-refractivity contribution in [2.75, 3.05) is 53.4 Å². The number of pyridine rings is 1. The standard InChI is InChI=1S/C29H35N3O2/c1-4-27(23-8-6-5-7-9-23)29(24-10-13-26(33)14-11-24)25-12-15-28(30-22-25)34-21-18-31-16-19-32(2,3)20-17-31/h5-15,22H,4,16-21H2,1-3H3/p+1. The number of aromatic nitrogens is 1. The van der Waals surface area contributed by atoms with E-state index in [2.05, 4.69) is 61.2 Å². The van der Waals surface area contributed by atoms with Crippen molar-refractivity contribution in [1.82, 2.24) is 9.88 Å². The fourth-order valence-corrected chi connectivity index (χ4v) is 4.47. The number of hydrogen-bond donors (Lipinski definition) is 1. The van der Waals surface area contributed by atoms with Gasteiger partial charge in [-0.25, -0.2) is 4.98 Å². The Morgan fingerprint density at radius 2 is 1.59 bits per heavy atom. The summed E-state index contributed by atoms with van der Waals surface area (Å²) in [6, 6.07) is 21.9. The summed E-state index contributed by atoms with van der Waals surface area (Å²) in [4.78, 5) is 7.10. The Kier molecular flexibility index (Phi) is 7.66. The third-order valence-corrected chi connectivity index (χ3v) is 6.66. The highest BCUT2D eigenvalue weighted by Crippen LogP contribution is 2.35. The van der Waals surface area contributed by atoms with Crippen LogP contribution in [0.3, 0.4) is 0 Å². The first kappa shape index (κ1) is 24.0.